The van der Waals surface area contributed by atoms with Gasteiger partial charge in [-0.1, -0.05) is 23.2 Å². The van der Waals surface area contributed by atoms with Gasteiger partial charge in [0, 0.05) is 24.7 Å². The molecule has 3 nitrogen and oxygen atoms in total. The number of carbonyl (C=O) groups is 1. The SMILES string of the molecule is CC1CCNCCN1C(=O)c1ccc(Cl)c(Cl)c1. The first-order chi connectivity index (χ1) is 8.59. The van der Waals surface area contributed by atoms with Crippen molar-refractivity contribution in [1.82, 2.24) is 10.2 Å². The first kappa shape index (κ1) is 13.7. The molecule has 0 bridgehead atoms. The van der Waals surface area contributed by atoms with Crippen molar-refractivity contribution in [2.75, 3.05) is 19.6 Å². The van der Waals surface area contributed by atoms with E-state index >= 15 is 0 Å². The molecule has 1 saturated heterocycles. The maximum atomic E-state index is 12.4. The third-order valence-electron chi connectivity index (χ3n) is 3.23. The molecule has 1 heterocycles. The zero-order valence-corrected chi connectivity index (χ0v) is 11.8. The molecule has 0 aliphatic carbocycles. The van der Waals surface area contributed by atoms with E-state index in [1.165, 1.54) is 0 Å². The topological polar surface area (TPSA) is 32.3 Å². The number of benzene rings is 1. The predicted molar refractivity (Wildman–Crippen MR) is 74.4 cm³/mol. The van der Waals surface area contributed by atoms with Gasteiger partial charge in [0.1, 0.15) is 0 Å². The van der Waals surface area contributed by atoms with Gasteiger partial charge in [-0.3, -0.25) is 4.79 Å². The fraction of sp³-hybridized carbons (Fsp3) is 0.462. The normalized spacial score (nSPS) is 20.6. The molecule has 18 heavy (non-hydrogen) atoms. The number of halogens is 2. The Kier molecular flexibility index (Phi) is 4.49. The van der Waals surface area contributed by atoms with Crippen molar-refractivity contribution in [2.45, 2.75) is 19.4 Å². The Balaban J connectivity index is 2.21. The lowest BCUT2D eigenvalue weighted by atomic mass is 10.1. The van der Waals surface area contributed by atoms with Crippen LogP contribution in [0.5, 0.6) is 0 Å². The summed E-state index contributed by atoms with van der Waals surface area (Å²) in [4.78, 5) is 14.3. The van der Waals surface area contributed by atoms with E-state index in [1.54, 1.807) is 18.2 Å². The molecule has 2 rings (SSSR count). The molecular weight excluding hydrogens is 271 g/mol. The average Bonchev–Trinajstić information content (AvgIpc) is 2.56. The van der Waals surface area contributed by atoms with Crippen molar-refractivity contribution in [2.24, 2.45) is 0 Å². The Labute approximate surface area is 117 Å². The van der Waals surface area contributed by atoms with Crippen LogP contribution >= 0.6 is 23.2 Å². The van der Waals surface area contributed by atoms with Crippen LogP contribution in [0.25, 0.3) is 0 Å². The van der Waals surface area contributed by atoms with Crippen molar-refractivity contribution < 1.29 is 4.79 Å². The third-order valence-corrected chi connectivity index (χ3v) is 3.97. The number of rotatable bonds is 1. The molecule has 0 aromatic heterocycles. The summed E-state index contributed by atoms with van der Waals surface area (Å²) in [7, 11) is 0. The number of hydrogen-bond donors (Lipinski definition) is 1. The minimum atomic E-state index is 0.0183. The molecule has 1 N–H and O–H groups in total. The van der Waals surface area contributed by atoms with Crippen LogP contribution in [0, 0.1) is 0 Å². The minimum Gasteiger partial charge on any atom is -0.335 e. The van der Waals surface area contributed by atoms with Crippen LogP contribution in [-0.4, -0.2) is 36.5 Å². The van der Waals surface area contributed by atoms with Gasteiger partial charge < -0.3 is 10.2 Å². The summed E-state index contributed by atoms with van der Waals surface area (Å²) < 4.78 is 0. The highest BCUT2D eigenvalue weighted by molar-refractivity contribution is 6.42. The van der Waals surface area contributed by atoms with E-state index in [4.69, 9.17) is 23.2 Å². The van der Waals surface area contributed by atoms with Gasteiger partial charge in [-0.05, 0) is 38.1 Å². The van der Waals surface area contributed by atoms with E-state index in [0.717, 1.165) is 26.1 Å². The Bertz CT molecular complexity index is 451. The molecule has 0 saturated carbocycles. The second-order valence-electron chi connectivity index (χ2n) is 4.52. The van der Waals surface area contributed by atoms with Gasteiger partial charge in [0.25, 0.3) is 5.91 Å². The number of carbonyl (C=O) groups excluding carboxylic acids is 1. The Hall–Kier alpha value is -0.770. The maximum absolute atomic E-state index is 12.4. The molecule has 1 aliphatic heterocycles. The van der Waals surface area contributed by atoms with Crippen molar-refractivity contribution in [3.05, 3.63) is 33.8 Å². The summed E-state index contributed by atoms with van der Waals surface area (Å²) in [6.45, 7) is 4.58. The fourth-order valence-electron chi connectivity index (χ4n) is 2.11. The highest BCUT2D eigenvalue weighted by Crippen LogP contribution is 2.24. The van der Waals surface area contributed by atoms with Crippen molar-refractivity contribution in [3.8, 4) is 0 Å². The number of amides is 1. The Morgan fingerprint density at radius 2 is 2.11 bits per heavy atom. The molecule has 0 radical (unpaired) electrons. The second-order valence-corrected chi connectivity index (χ2v) is 5.33. The second kappa shape index (κ2) is 5.91. The van der Waals surface area contributed by atoms with Gasteiger partial charge in [-0.2, -0.15) is 0 Å². The average molecular weight is 287 g/mol. The van der Waals surface area contributed by atoms with Gasteiger partial charge in [-0.15, -0.1) is 0 Å². The number of nitrogens with zero attached hydrogens (tertiary/aromatic N) is 1. The number of hydrogen-bond acceptors (Lipinski definition) is 2. The predicted octanol–water partition coefficient (Wildman–Crippen LogP) is 2.82. The summed E-state index contributed by atoms with van der Waals surface area (Å²) in [6, 6.07) is 5.26. The van der Waals surface area contributed by atoms with E-state index in [-0.39, 0.29) is 11.9 Å². The minimum absolute atomic E-state index is 0.0183. The highest BCUT2D eigenvalue weighted by atomic mass is 35.5. The molecule has 0 spiro atoms. The summed E-state index contributed by atoms with van der Waals surface area (Å²) >= 11 is 11.8. The van der Waals surface area contributed by atoms with Crippen LogP contribution in [0.1, 0.15) is 23.7 Å². The van der Waals surface area contributed by atoms with Gasteiger partial charge >= 0.3 is 0 Å². The summed E-state index contributed by atoms with van der Waals surface area (Å²) in [5, 5.41) is 4.18. The van der Waals surface area contributed by atoms with Crippen LogP contribution in [0.15, 0.2) is 18.2 Å². The maximum Gasteiger partial charge on any atom is 0.254 e. The van der Waals surface area contributed by atoms with Gasteiger partial charge in [0.05, 0.1) is 10.0 Å². The van der Waals surface area contributed by atoms with Crippen molar-refractivity contribution in [3.63, 3.8) is 0 Å². The summed E-state index contributed by atoms with van der Waals surface area (Å²) in [5.41, 5.74) is 0.596. The third kappa shape index (κ3) is 2.97. The van der Waals surface area contributed by atoms with Crippen molar-refractivity contribution in [1.29, 1.82) is 0 Å². The lowest BCUT2D eigenvalue weighted by Gasteiger charge is -2.27. The quantitative estimate of drug-likeness (QED) is 0.861. The van der Waals surface area contributed by atoms with Crippen LogP contribution in [-0.2, 0) is 0 Å². The molecule has 1 atom stereocenters. The first-order valence-corrected chi connectivity index (χ1v) is 6.82. The largest absolute Gasteiger partial charge is 0.335 e. The standard InChI is InChI=1S/C13H16Cl2N2O/c1-9-4-5-16-6-7-17(9)13(18)10-2-3-11(14)12(15)8-10/h2-3,8-9,16H,4-7H2,1H3. The van der Waals surface area contributed by atoms with Crippen LogP contribution in [0.2, 0.25) is 10.0 Å². The monoisotopic (exact) mass is 286 g/mol. The first-order valence-electron chi connectivity index (χ1n) is 6.06. The Morgan fingerprint density at radius 1 is 1.33 bits per heavy atom. The lowest BCUT2D eigenvalue weighted by Crippen LogP contribution is -2.39. The molecule has 5 heteroatoms. The van der Waals surface area contributed by atoms with Crippen LogP contribution in [0.4, 0.5) is 0 Å². The smallest absolute Gasteiger partial charge is 0.254 e. The van der Waals surface area contributed by atoms with Crippen molar-refractivity contribution >= 4 is 29.1 Å². The van der Waals surface area contributed by atoms with Gasteiger partial charge in [0.15, 0.2) is 0 Å². The van der Waals surface area contributed by atoms with E-state index in [9.17, 15) is 4.79 Å². The fourth-order valence-corrected chi connectivity index (χ4v) is 2.41. The molecule has 1 unspecified atom stereocenters. The highest BCUT2D eigenvalue weighted by Gasteiger charge is 2.23. The van der Waals surface area contributed by atoms with Gasteiger partial charge in [0.2, 0.25) is 0 Å². The number of nitrogens with one attached hydrogen (secondary N) is 1. The van der Waals surface area contributed by atoms with E-state index < -0.39 is 0 Å². The Morgan fingerprint density at radius 3 is 2.83 bits per heavy atom. The molecule has 98 valence electrons. The molecule has 1 aliphatic rings. The van der Waals surface area contributed by atoms with Crippen LogP contribution in [0.3, 0.4) is 0 Å². The van der Waals surface area contributed by atoms with E-state index in [1.807, 2.05) is 4.90 Å². The van der Waals surface area contributed by atoms with Crippen LogP contribution < -0.4 is 5.32 Å². The lowest BCUT2D eigenvalue weighted by molar-refractivity contribution is 0.0704. The molecular formula is C13H16Cl2N2O. The molecule has 1 fully saturated rings. The van der Waals surface area contributed by atoms with Gasteiger partial charge in [-0.25, -0.2) is 0 Å². The summed E-state index contributed by atoms with van der Waals surface area (Å²) in [6.07, 6.45) is 0.965. The molecule has 1 amide bonds. The molecule has 1 aromatic rings. The zero-order valence-electron chi connectivity index (χ0n) is 10.2. The van der Waals surface area contributed by atoms with E-state index in [2.05, 4.69) is 12.2 Å². The zero-order chi connectivity index (χ0) is 13.1. The summed E-state index contributed by atoms with van der Waals surface area (Å²) in [5.74, 6) is 0.0183. The van der Waals surface area contributed by atoms with E-state index in [0.29, 0.717) is 15.6 Å². The molecule has 1 aromatic carbocycles.